The van der Waals surface area contributed by atoms with Crippen molar-refractivity contribution in [2.24, 2.45) is 5.92 Å². The van der Waals surface area contributed by atoms with Crippen molar-refractivity contribution in [1.29, 1.82) is 0 Å². The van der Waals surface area contributed by atoms with E-state index in [4.69, 9.17) is 16.3 Å². The van der Waals surface area contributed by atoms with Crippen molar-refractivity contribution in [2.45, 2.75) is 63.3 Å². The summed E-state index contributed by atoms with van der Waals surface area (Å²) < 4.78 is 75.8. The number of hydrogen-bond donors (Lipinski definition) is 4. The number of carbonyl (C=O) groups is 5. The van der Waals surface area contributed by atoms with Crippen molar-refractivity contribution in [3.8, 4) is 5.75 Å². The molecule has 0 bridgehead atoms. The summed E-state index contributed by atoms with van der Waals surface area (Å²) in [5.41, 5.74) is -0.711. The molecule has 4 N–H and O–H groups in total. The maximum absolute atomic E-state index is 15.3. The number of nitrogens with one attached hydrogen (secondary N) is 4. The number of nitrogens with zero attached hydrogens (tertiary/aromatic N) is 2. The third-order valence-electron chi connectivity index (χ3n) is 7.62. The number of benzene rings is 2. The summed E-state index contributed by atoms with van der Waals surface area (Å²) in [6, 6.07) is 4.24. The summed E-state index contributed by atoms with van der Waals surface area (Å²) in [7, 11) is 1.35. The largest absolute Gasteiger partial charge is 0.497 e. The van der Waals surface area contributed by atoms with E-state index in [1.807, 2.05) is 10.6 Å². The zero-order chi connectivity index (χ0) is 38.6. The Bertz CT molecular complexity index is 1710. The van der Waals surface area contributed by atoms with E-state index in [0.29, 0.717) is 5.75 Å². The van der Waals surface area contributed by atoms with Crippen LogP contribution >= 0.6 is 11.6 Å². The summed E-state index contributed by atoms with van der Waals surface area (Å²) in [5, 5.41) is 8.88. The van der Waals surface area contributed by atoms with Gasteiger partial charge in [0.25, 0.3) is 17.6 Å². The van der Waals surface area contributed by atoms with Crippen LogP contribution in [0.2, 0.25) is 5.02 Å². The van der Waals surface area contributed by atoms with Crippen molar-refractivity contribution in [3.63, 3.8) is 0 Å². The second-order valence-corrected chi connectivity index (χ2v) is 12.2. The van der Waals surface area contributed by atoms with Gasteiger partial charge < -0.3 is 26.0 Å². The fourth-order valence-corrected chi connectivity index (χ4v) is 4.99. The normalized spacial score (nSPS) is 13.3. The van der Waals surface area contributed by atoms with Crippen LogP contribution in [0, 0.1) is 5.92 Å². The molecule has 2 aromatic carbocycles. The van der Waals surface area contributed by atoms with E-state index in [2.05, 4.69) is 20.6 Å². The molecule has 0 spiro atoms. The molecule has 0 aliphatic carbocycles. The SMILES string of the molecule is COc1ccc(C(NC(=O)C(CCCCNC(=O)c2cnccn2)NC(=O)C(F)(F)c2cccc(Cl)c2)C(=O)NC(C(=O)C(F)(F)F)C(C)C)cc1. The van der Waals surface area contributed by atoms with E-state index in [1.54, 1.807) is 0 Å². The number of ether oxygens (including phenoxy) is 1. The molecule has 3 rings (SSSR count). The topological polar surface area (TPSA) is 168 Å². The molecule has 3 atom stereocenters. The Hall–Kier alpha value is -5.19. The lowest BCUT2D eigenvalue weighted by molar-refractivity contribution is -0.175. The fraction of sp³-hybridized carbons (Fsp3) is 0.382. The Morgan fingerprint density at radius 2 is 1.58 bits per heavy atom. The van der Waals surface area contributed by atoms with Crippen LogP contribution in [0.15, 0.2) is 67.1 Å². The number of methoxy groups -OCH3 is 1. The molecule has 18 heteroatoms. The van der Waals surface area contributed by atoms with Crippen molar-refractivity contribution < 1.29 is 50.7 Å². The maximum Gasteiger partial charge on any atom is 0.452 e. The predicted molar refractivity (Wildman–Crippen MR) is 177 cm³/mol. The van der Waals surface area contributed by atoms with E-state index in [9.17, 15) is 37.1 Å². The molecule has 4 amide bonds. The number of alkyl halides is 5. The Kier molecular flexibility index (Phi) is 14.5. The van der Waals surface area contributed by atoms with Gasteiger partial charge in [-0.05, 0) is 55.0 Å². The van der Waals surface area contributed by atoms with E-state index in [-0.39, 0.29) is 42.1 Å². The van der Waals surface area contributed by atoms with Crippen LogP contribution in [-0.2, 0) is 25.1 Å². The number of ketones is 1. The second kappa shape index (κ2) is 18.3. The van der Waals surface area contributed by atoms with E-state index >= 15 is 8.78 Å². The van der Waals surface area contributed by atoms with Gasteiger partial charge in [-0.1, -0.05) is 49.7 Å². The fourth-order valence-electron chi connectivity index (χ4n) is 4.80. The number of halogens is 6. The first kappa shape index (κ1) is 41.2. The minimum atomic E-state index is -5.29. The molecule has 52 heavy (non-hydrogen) atoms. The van der Waals surface area contributed by atoms with Crippen LogP contribution in [0.4, 0.5) is 22.0 Å². The number of carbonyl (C=O) groups excluding carboxylic acids is 5. The molecular weight excluding hydrogens is 719 g/mol. The zero-order valence-corrected chi connectivity index (χ0v) is 28.9. The van der Waals surface area contributed by atoms with Crippen molar-refractivity contribution in [1.82, 2.24) is 31.2 Å². The van der Waals surface area contributed by atoms with Gasteiger partial charge >= 0.3 is 12.1 Å². The molecule has 3 unspecified atom stereocenters. The molecule has 0 fully saturated rings. The first-order valence-electron chi connectivity index (χ1n) is 15.8. The Morgan fingerprint density at radius 3 is 2.15 bits per heavy atom. The minimum absolute atomic E-state index is 0.0228. The summed E-state index contributed by atoms with van der Waals surface area (Å²) in [4.78, 5) is 72.4. The molecule has 1 aromatic heterocycles. The third kappa shape index (κ3) is 11.4. The second-order valence-electron chi connectivity index (χ2n) is 11.8. The molecule has 0 aliphatic rings. The van der Waals surface area contributed by atoms with Crippen LogP contribution in [0.3, 0.4) is 0 Å². The predicted octanol–water partition coefficient (Wildman–Crippen LogP) is 4.45. The van der Waals surface area contributed by atoms with Crippen LogP contribution in [0.1, 0.15) is 60.8 Å². The van der Waals surface area contributed by atoms with E-state index < -0.39 is 71.1 Å². The van der Waals surface area contributed by atoms with Gasteiger partial charge in [0, 0.05) is 29.5 Å². The molecule has 1 heterocycles. The van der Waals surface area contributed by atoms with Gasteiger partial charge in [0.1, 0.15) is 23.5 Å². The monoisotopic (exact) mass is 754 g/mol. The van der Waals surface area contributed by atoms with Gasteiger partial charge in [-0.25, -0.2) is 4.98 Å². The molecule has 0 radical (unpaired) electrons. The van der Waals surface area contributed by atoms with Gasteiger partial charge in [-0.15, -0.1) is 0 Å². The van der Waals surface area contributed by atoms with Crippen LogP contribution in [0.5, 0.6) is 5.75 Å². The third-order valence-corrected chi connectivity index (χ3v) is 7.85. The van der Waals surface area contributed by atoms with Crippen LogP contribution < -0.4 is 26.0 Å². The maximum atomic E-state index is 15.3. The Morgan fingerprint density at radius 1 is 0.885 bits per heavy atom. The van der Waals surface area contributed by atoms with Gasteiger partial charge in [-0.2, -0.15) is 22.0 Å². The lowest BCUT2D eigenvalue weighted by Crippen LogP contribution is -2.55. The average Bonchev–Trinajstić information content (AvgIpc) is 3.11. The van der Waals surface area contributed by atoms with Crippen LogP contribution in [-0.4, -0.2) is 71.3 Å². The summed E-state index contributed by atoms with van der Waals surface area (Å²) >= 11 is 5.84. The highest BCUT2D eigenvalue weighted by Gasteiger charge is 2.46. The van der Waals surface area contributed by atoms with Crippen molar-refractivity contribution >= 4 is 41.0 Å². The van der Waals surface area contributed by atoms with Gasteiger partial charge in [0.15, 0.2) is 0 Å². The first-order chi connectivity index (χ1) is 24.4. The van der Waals surface area contributed by atoms with Crippen molar-refractivity contribution in [2.75, 3.05) is 13.7 Å². The summed E-state index contributed by atoms with van der Waals surface area (Å²) in [5.74, 6) is -11.9. The smallest absolute Gasteiger partial charge is 0.452 e. The quantitative estimate of drug-likeness (QED) is 0.116. The summed E-state index contributed by atoms with van der Waals surface area (Å²) in [6.07, 6.45) is -1.40. The number of unbranched alkanes of at least 4 members (excludes halogenated alkanes) is 1. The molecule has 280 valence electrons. The Labute approximate surface area is 300 Å². The highest BCUT2D eigenvalue weighted by Crippen LogP contribution is 2.30. The molecule has 12 nitrogen and oxygen atoms in total. The lowest BCUT2D eigenvalue weighted by Gasteiger charge is -2.28. The van der Waals surface area contributed by atoms with Gasteiger partial charge in [-0.3, -0.25) is 29.0 Å². The van der Waals surface area contributed by atoms with Gasteiger partial charge in [0.2, 0.25) is 11.8 Å². The molecule has 0 saturated carbocycles. The minimum Gasteiger partial charge on any atom is -0.497 e. The zero-order valence-electron chi connectivity index (χ0n) is 28.1. The van der Waals surface area contributed by atoms with E-state index in [0.717, 1.165) is 12.1 Å². The standard InChI is InChI=1S/C34H36ClF5N6O6/c1-19(2)26(28(47)34(38,39)40)45-31(50)27(20-10-12-23(52-3)13-11-20)46-30(49)24(9-4-5-14-43-29(48)25-18-41-15-16-42-25)44-32(51)33(36,37)21-7-6-8-22(35)17-21/h6-8,10-13,15-19,24,26-27H,4-5,9,14H2,1-3H3,(H,43,48)(H,44,51)(H,45,50)(H,46,49). The number of hydrogen-bond acceptors (Lipinski definition) is 8. The van der Waals surface area contributed by atoms with Crippen LogP contribution in [0.25, 0.3) is 0 Å². The van der Waals surface area contributed by atoms with E-state index in [1.165, 1.54) is 75.9 Å². The molecule has 0 saturated heterocycles. The summed E-state index contributed by atoms with van der Waals surface area (Å²) in [6.45, 7) is 2.60. The van der Waals surface area contributed by atoms with Gasteiger partial charge in [0.05, 0.1) is 19.3 Å². The number of rotatable bonds is 17. The molecular formula is C34H36ClF5N6O6. The molecule has 0 aliphatic heterocycles. The number of Topliss-reactive ketones (excluding diaryl/α,β-unsaturated/α-hetero) is 1. The lowest BCUT2D eigenvalue weighted by atomic mass is 9.97. The highest BCUT2D eigenvalue weighted by molar-refractivity contribution is 6.30. The first-order valence-corrected chi connectivity index (χ1v) is 16.2. The highest BCUT2D eigenvalue weighted by atomic mass is 35.5. The molecule has 3 aromatic rings. The number of amides is 4. The number of aromatic nitrogens is 2. The average molecular weight is 755 g/mol. The Balaban J connectivity index is 1.88. The van der Waals surface area contributed by atoms with Crippen molar-refractivity contribution in [3.05, 3.63) is 89.0 Å².